The molecular weight excluding hydrogens is 186 g/mol. The molecule has 0 aliphatic rings. The van der Waals surface area contributed by atoms with Crippen molar-refractivity contribution in [1.29, 1.82) is 0 Å². The summed E-state index contributed by atoms with van der Waals surface area (Å²) in [5.74, 6) is 0. The van der Waals surface area contributed by atoms with Gasteiger partial charge in [-0.1, -0.05) is 13.0 Å². The Balaban J connectivity index is 2.60. The lowest BCUT2D eigenvalue weighted by molar-refractivity contribution is 0.270. The Kier molecular flexibility index (Phi) is 5.29. The smallest absolute Gasteiger partial charge is 0.0573 e. The fraction of sp³-hybridized carbons (Fsp3) is 0.583. The third kappa shape index (κ3) is 3.98. The Hall–Kier alpha value is -0.930. The second-order valence-electron chi connectivity index (χ2n) is 3.83. The van der Waals surface area contributed by atoms with Gasteiger partial charge in [-0.3, -0.25) is 9.88 Å². The number of aryl methyl sites for hydroxylation is 1. The zero-order valence-electron chi connectivity index (χ0n) is 9.74. The second-order valence-corrected chi connectivity index (χ2v) is 3.83. The van der Waals surface area contributed by atoms with Gasteiger partial charge in [0.25, 0.3) is 0 Å². The SMILES string of the molecule is CCCN(CCN)Cc1ncccc1C. The van der Waals surface area contributed by atoms with Crippen LogP contribution in [0, 0.1) is 6.92 Å². The number of nitrogens with zero attached hydrogens (tertiary/aromatic N) is 2. The van der Waals surface area contributed by atoms with E-state index >= 15 is 0 Å². The van der Waals surface area contributed by atoms with Gasteiger partial charge in [0.1, 0.15) is 0 Å². The molecule has 0 aromatic carbocycles. The molecule has 0 fully saturated rings. The summed E-state index contributed by atoms with van der Waals surface area (Å²) in [6.45, 7) is 7.96. The van der Waals surface area contributed by atoms with E-state index in [1.165, 1.54) is 11.3 Å². The van der Waals surface area contributed by atoms with Gasteiger partial charge in [-0.2, -0.15) is 0 Å². The van der Waals surface area contributed by atoms with E-state index in [-0.39, 0.29) is 0 Å². The Labute approximate surface area is 92.3 Å². The molecule has 0 saturated heterocycles. The minimum Gasteiger partial charge on any atom is -0.329 e. The summed E-state index contributed by atoms with van der Waals surface area (Å²) < 4.78 is 0. The maximum Gasteiger partial charge on any atom is 0.0573 e. The second kappa shape index (κ2) is 6.53. The number of hydrogen-bond acceptors (Lipinski definition) is 3. The molecule has 0 atom stereocenters. The van der Waals surface area contributed by atoms with Crippen LogP contribution in [0.2, 0.25) is 0 Å². The Morgan fingerprint density at radius 2 is 2.20 bits per heavy atom. The van der Waals surface area contributed by atoms with Crippen LogP contribution in [0.5, 0.6) is 0 Å². The van der Waals surface area contributed by atoms with Crippen molar-refractivity contribution in [2.24, 2.45) is 5.73 Å². The number of hydrogen-bond donors (Lipinski definition) is 1. The summed E-state index contributed by atoms with van der Waals surface area (Å²) in [4.78, 5) is 6.76. The maximum atomic E-state index is 5.59. The predicted octanol–water partition coefficient (Wildman–Crippen LogP) is 1.56. The molecule has 1 aromatic heterocycles. The number of nitrogens with two attached hydrogens (primary N) is 1. The highest BCUT2D eigenvalue weighted by Gasteiger charge is 2.06. The monoisotopic (exact) mass is 207 g/mol. The van der Waals surface area contributed by atoms with Crippen LogP contribution < -0.4 is 5.73 Å². The first-order valence-corrected chi connectivity index (χ1v) is 5.60. The lowest BCUT2D eigenvalue weighted by Crippen LogP contribution is -2.30. The summed E-state index contributed by atoms with van der Waals surface area (Å²) >= 11 is 0. The highest BCUT2D eigenvalue weighted by molar-refractivity contribution is 5.17. The van der Waals surface area contributed by atoms with Crippen LogP contribution in [-0.2, 0) is 6.54 Å². The molecule has 2 N–H and O–H groups in total. The van der Waals surface area contributed by atoms with Gasteiger partial charge in [0.05, 0.1) is 5.69 Å². The van der Waals surface area contributed by atoms with E-state index in [0.29, 0.717) is 6.54 Å². The number of pyridine rings is 1. The van der Waals surface area contributed by atoms with E-state index in [4.69, 9.17) is 5.73 Å². The van der Waals surface area contributed by atoms with Crippen molar-refractivity contribution in [1.82, 2.24) is 9.88 Å². The van der Waals surface area contributed by atoms with Crippen molar-refractivity contribution >= 4 is 0 Å². The minimum absolute atomic E-state index is 0.714. The van der Waals surface area contributed by atoms with Crippen LogP contribution in [0.1, 0.15) is 24.6 Å². The predicted molar refractivity (Wildman–Crippen MR) is 63.6 cm³/mol. The molecule has 0 spiro atoms. The van der Waals surface area contributed by atoms with Crippen molar-refractivity contribution in [3.8, 4) is 0 Å². The molecule has 15 heavy (non-hydrogen) atoms. The van der Waals surface area contributed by atoms with Crippen LogP contribution in [0.25, 0.3) is 0 Å². The van der Waals surface area contributed by atoms with Gasteiger partial charge in [-0.05, 0) is 31.5 Å². The molecule has 3 nitrogen and oxygen atoms in total. The minimum atomic E-state index is 0.714. The average Bonchev–Trinajstić information content (AvgIpc) is 2.22. The summed E-state index contributed by atoms with van der Waals surface area (Å²) in [5.41, 5.74) is 8.02. The van der Waals surface area contributed by atoms with E-state index in [1.807, 2.05) is 12.3 Å². The number of rotatable bonds is 6. The van der Waals surface area contributed by atoms with Crippen LogP contribution in [-0.4, -0.2) is 29.5 Å². The molecule has 1 aromatic rings. The summed E-state index contributed by atoms with van der Waals surface area (Å²) in [7, 11) is 0. The maximum absolute atomic E-state index is 5.59. The fourth-order valence-corrected chi connectivity index (χ4v) is 1.66. The van der Waals surface area contributed by atoms with Gasteiger partial charge in [-0.25, -0.2) is 0 Å². The zero-order valence-corrected chi connectivity index (χ0v) is 9.74. The topological polar surface area (TPSA) is 42.1 Å². The van der Waals surface area contributed by atoms with Crippen molar-refractivity contribution in [3.63, 3.8) is 0 Å². The van der Waals surface area contributed by atoms with Crippen LogP contribution in [0.15, 0.2) is 18.3 Å². The quantitative estimate of drug-likeness (QED) is 0.769. The Bertz CT molecular complexity index is 280. The molecule has 0 bridgehead atoms. The van der Waals surface area contributed by atoms with Crippen LogP contribution in [0.3, 0.4) is 0 Å². The van der Waals surface area contributed by atoms with E-state index in [0.717, 1.165) is 26.1 Å². The Morgan fingerprint density at radius 1 is 1.40 bits per heavy atom. The molecule has 0 amide bonds. The van der Waals surface area contributed by atoms with Gasteiger partial charge < -0.3 is 5.73 Å². The molecule has 0 unspecified atom stereocenters. The average molecular weight is 207 g/mol. The zero-order chi connectivity index (χ0) is 11.1. The molecule has 0 aliphatic heterocycles. The normalized spacial score (nSPS) is 10.9. The first-order chi connectivity index (χ1) is 7.27. The highest BCUT2D eigenvalue weighted by Crippen LogP contribution is 2.07. The third-order valence-electron chi connectivity index (χ3n) is 2.48. The number of aromatic nitrogens is 1. The standard InChI is InChI=1S/C12H21N3/c1-3-8-15(9-6-13)10-12-11(2)5-4-7-14-12/h4-5,7H,3,6,8-10,13H2,1-2H3. The highest BCUT2D eigenvalue weighted by atomic mass is 15.1. The van der Waals surface area contributed by atoms with Gasteiger partial charge >= 0.3 is 0 Å². The first kappa shape index (κ1) is 12.1. The summed E-state index contributed by atoms with van der Waals surface area (Å²) in [5, 5.41) is 0. The van der Waals surface area contributed by atoms with Crippen molar-refractivity contribution in [2.75, 3.05) is 19.6 Å². The van der Waals surface area contributed by atoms with Gasteiger partial charge in [-0.15, -0.1) is 0 Å². The molecule has 0 aliphatic carbocycles. The van der Waals surface area contributed by atoms with Crippen molar-refractivity contribution in [3.05, 3.63) is 29.6 Å². The van der Waals surface area contributed by atoms with E-state index in [2.05, 4.69) is 29.8 Å². The summed E-state index contributed by atoms with van der Waals surface area (Å²) in [6, 6.07) is 4.08. The van der Waals surface area contributed by atoms with E-state index < -0.39 is 0 Å². The molecule has 1 heterocycles. The first-order valence-electron chi connectivity index (χ1n) is 5.60. The molecule has 3 heteroatoms. The molecular formula is C12H21N3. The van der Waals surface area contributed by atoms with Gasteiger partial charge in [0.2, 0.25) is 0 Å². The van der Waals surface area contributed by atoms with Crippen molar-refractivity contribution < 1.29 is 0 Å². The summed E-state index contributed by atoms with van der Waals surface area (Å²) in [6.07, 6.45) is 3.01. The van der Waals surface area contributed by atoms with E-state index in [1.54, 1.807) is 0 Å². The van der Waals surface area contributed by atoms with E-state index in [9.17, 15) is 0 Å². The largest absolute Gasteiger partial charge is 0.329 e. The molecule has 1 rings (SSSR count). The molecule has 84 valence electrons. The third-order valence-corrected chi connectivity index (χ3v) is 2.48. The lowest BCUT2D eigenvalue weighted by Gasteiger charge is -2.21. The molecule has 0 radical (unpaired) electrons. The molecule has 0 saturated carbocycles. The van der Waals surface area contributed by atoms with Crippen LogP contribution in [0.4, 0.5) is 0 Å². The van der Waals surface area contributed by atoms with Gasteiger partial charge in [0.15, 0.2) is 0 Å². The Morgan fingerprint density at radius 3 is 2.80 bits per heavy atom. The fourth-order valence-electron chi connectivity index (χ4n) is 1.66. The lowest BCUT2D eigenvalue weighted by atomic mass is 10.2. The van der Waals surface area contributed by atoms with Crippen molar-refractivity contribution in [2.45, 2.75) is 26.8 Å². The van der Waals surface area contributed by atoms with Crippen LogP contribution >= 0.6 is 0 Å². The van der Waals surface area contributed by atoms with Gasteiger partial charge in [0, 0.05) is 25.8 Å².